The molecule has 0 radical (unpaired) electrons. The molecule has 0 spiro atoms. The van der Waals surface area contributed by atoms with Crippen molar-refractivity contribution in [2.45, 2.75) is 19.1 Å². The molecule has 1 unspecified atom stereocenters. The second-order valence-electron chi connectivity index (χ2n) is 7.02. The van der Waals surface area contributed by atoms with Gasteiger partial charge in [0.1, 0.15) is 22.3 Å². The van der Waals surface area contributed by atoms with Gasteiger partial charge < -0.3 is 10.1 Å². The lowest BCUT2D eigenvalue weighted by molar-refractivity contribution is 0.129. The Bertz CT molecular complexity index is 1020. The predicted molar refractivity (Wildman–Crippen MR) is 122 cm³/mol. The Hall–Kier alpha value is -2.97. The summed E-state index contributed by atoms with van der Waals surface area (Å²) in [6.45, 7) is 9.21. The minimum Gasteiger partial charge on any atom is -0.445 e. The predicted octanol–water partition coefficient (Wildman–Crippen LogP) is 4.31. The van der Waals surface area contributed by atoms with E-state index in [4.69, 9.17) is 4.74 Å². The number of hydrogen-bond donors (Lipinski definition) is 2. The maximum atomic E-state index is 14.7. The fourth-order valence-corrected chi connectivity index (χ4v) is 4.99. The number of amides is 1. The molecule has 0 aromatic heterocycles. The molecule has 2 atom stereocenters. The van der Waals surface area contributed by atoms with Crippen LogP contribution < -0.4 is 10.0 Å². The molecule has 2 aromatic rings. The third-order valence-electron chi connectivity index (χ3n) is 4.41. The molecule has 2 N–H and O–H groups in total. The second-order valence-corrected chi connectivity index (χ2v) is 9.14. The van der Waals surface area contributed by atoms with Crippen LogP contribution in [0.15, 0.2) is 84.3 Å². The highest BCUT2D eigenvalue weighted by atomic mass is 32.2. The lowest BCUT2D eigenvalue weighted by atomic mass is 9.94. The number of ether oxygens (including phenoxy) is 1. The van der Waals surface area contributed by atoms with Gasteiger partial charge in [0.25, 0.3) is 0 Å². The first kappa shape index (κ1) is 24.3. The molecule has 1 amide bonds. The summed E-state index contributed by atoms with van der Waals surface area (Å²) in [5, 5.41) is 2.70. The summed E-state index contributed by atoms with van der Waals surface area (Å²) in [4.78, 5) is 12.6. The summed E-state index contributed by atoms with van der Waals surface area (Å²) in [6, 6.07) is 15.2. The lowest BCUT2D eigenvalue weighted by Crippen LogP contribution is -2.51. The van der Waals surface area contributed by atoms with Crippen LogP contribution in [0, 0.1) is 5.82 Å². The SMILES string of the molecule is C=CCN=S(=O)(C[C@](C)(NC(=O)OCc1ccccc1)c1ccccc1F)NCC=C. The topological polar surface area (TPSA) is 79.8 Å². The summed E-state index contributed by atoms with van der Waals surface area (Å²) in [5.74, 6) is -0.731. The van der Waals surface area contributed by atoms with Gasteiger partial charge in [-0.05, 0) is 18.6 Å². The second kappa shape index (κ2) is 11.4. The molecule has 0 aliphatic carbocycles. The number of halogens is 1. The Labute approximate surface area is 183 Å². The van der Waals surface area contributed by atoms with E-state index in [2.05, 4.69) is 27.6 Å². The average molecular weight is 446 g/mol. The number of carbonyl (C=O) groups is 1. The first-order valence-electron chi connectivity index (χ1n) is 9.73. The molecule has 6 nitrogen and oxygen atoms in total. The van der Waals surface area contributed by atoms with Crippen molar-refractivity contribution in [3.63, 3.8) is 0 Å². The molecular weight excluding hydrogens is 417 g/mol. The average Bonchev–Trinajstić information content (AvgIpc) is 2.76. The zero-order chi connectivity index (χ0) is 22.7. The number of alkyl carbamates (subject to hydrolysis) is 1. The van der Waals surface area contributed by atoms with E-state index < -0.39 is 27.4 Å². The van der Waals surface area contributed by atoms with Gasteiger partial charge in [-0.3, -0.25) is 0 Å². The van der Waals surface area contributed by atoms with Gasteiger partial charge in [0.15, 0.2) is 0 Å². The van der Waals surface area contributed by atoms with E-state index in [1.165, 1.54) is 18.2 Å². The van der Waals surface area contributed by atoms with Gasteiger partial charge in [-0.1, -0.05) is 60.7 Å². The lowest BCUT2D eigenvalue weighted by Gasteiger charge is -2.32. The molecular formula is C23H28FN3O3S. The van der Waals surface area contributed by atoms with Crippen LogP contribution in [0.2, 0.25) is 0 Å². The monoisotopic (exact) mass is 445 g/mol. The van der Waals surface area contributed by atoms with E-state index in [1.807, 2.05) is 30.3 Å². The fourth-order valence-electron chi connectivity index (χ4n) is 2.97. The van der Waals surface area contributed by atoms with Crippen molar-refractivity contribution in [3.05, 3.63) is 96.9 Å². The summed E-state index contributed by atoms with van der Waals surface area (Å²) in [6.07, 6.45) is 2.30. The van der Waals surface area contributed by atoms with Crippen LogP contribution in [0.1, 0.15) is 18.1 Å². The molecule has 8 heteroatoms. The van der Waals surface area contributed by atoms with E-state index in [0.29, 0.717) is 0 Å². The first-order chi connectivity index (χ1) is 14.8. The molecule has 0 saturated heterocycles. The molecule has 0 fully saturated rings. The van der Waals surface area contributed by atoms with Crippen LogP contribution in [-0.2, 0) is 26.8 Å². The van der Waals surface area contributed by atoms with Crippen molar-refractivity contribution in [2.24, 2.45) is 4.36 Å². The van der Waals surface area contributed by atoms with E-state index in [0.717, 1.165) is 5.56 Å². The Morgan fingerprint density at radius 2 is 1.84 bits per heavy atom. The van der Waals surface area contributed by atoms with Gasteiger partial charge in [-0.15, -0.1) is 13.2 Å². The zero-order valence-corrected chi connectivity index (χ0v) is 18.4. The van der Waals surface area contributed by atoms with Gasteiger partial charge in [0.05, 0.1) is 17.8 Å². The summed E-state index contributed by atoms with van der Waals surface area (Å²) in [5.41, 5.74) is -0.383. The molecule has 0 bridgehead atoms. The van der Waals surface area contributed by atoms with Crippen molar-refractivity contribution >= 4 is 16.0 Å². The minimum absolute atomic E-state index is 0.0466. The normalized spacial score (nSPS) is 14.5. The van der Waals surface area contributed by atoms with E-state index in [9.17, 15) is 13.4 Å². The van der Waals surface area contributed by atoms with Crippen molar-refractivity contribution in [3.8, 4) is 0 Å². The number of rotatable bonds is 11. The maximum absolute atomic E-state index is 14.7. The minimum atomic E-state index is -3.05. The quantitative estimate of drug-likeness (QED) is 0.506. The van der Waals surface area contributed by atoms with Crippen LogP contribution in [0.5, 0.6) is 0 Å². The van der Waals surface area contributed by atoms with E-state index >= 15 is 0 Å². The van der Waals surface area contributed by atoms with Crippen LogP contribution in [0.4, 0.5) is 9.18 Å². The van der Waals surface area contributed by atoms with E-state index in [1.54, 1.807) is 25.1 Å². The highest BCUT2D eigenvalue weighted by molar-refractivity contribution is 7.91. The standard InChI is InChI=1S/C23H28FN3O3S/c1-4-15-25-31(29,26-16-5-2)18-23(3,20-13-9-10-14-21(20)24)27-22(28)30-17-19-11-7-6-8-12-19/h4-14H,1-2,15-18H2,3H3,(H,27,28)(H,25,26,29)/t23-/m0/s1. The van der Waals surface area contributed by atoms with Crippen molar-refractivity contribution in [1.82, 2.24) is 10.0 Å². The summed E-state index contributed by atoms with van der Waals surface area (Å²) >= 11 is 0. The molecule has 166 valence electrons. The molecule has 0 aliphatic rings. The number of nitrogens with one attached hydrogen (secondary N) is 2. The highest BCUT2D eigenvalue weighted by Crippen LogP contribution is 2.26. The third-order valence-corrected chi connectivity index (χ3v) is 6.56. The maximum Gasteiger partial charge on any atom is 0.408 e. The third kappa shape index (κ3) is 7.34. The zero-order valence-electron chi connectivity index (χ0n) is 17.6. The van der Waals surface area contributed by atoms with Crippen LogP contribution in [0.25, 0.3) is 0 Å². The summed E-state index contributed by atoms with van der Waals surface area (Å²) in [7, 11) is -3.05. The van der Waals surface area contributed by atoms with Gasteiger partial charge in [-0.25, -0.2) is 22.5 Å². The highest BCUT2D eigenvalue weighted by Gasteiger charge is 2.36. The van der Waals surface area contributed by atoms with Crippen molar-refractivity contribution in [1.29, 1.82) is 0 Å². The largest absolute Gasteiger partial charge is 0.445 e. The Morgan fingerprint density at radius 3 is 2.48 bits per heavy atom. The number of carbonyl (C=O) groups excluding carboxylic acids is 1. The van der Waals surface area contributed by atoms with Crippen LogP contribution in [0.3, 0.4) is 0 Å². The molecule has 0 aliphatic heterocycles. The molecule has 31 heavy (non-hydrogen) atoms. The smallest absolute Gasteiger partial charge is 0.408 e. The van der Waals surface area contributed by atoms with Crippen molar-refractivity contribution in [2.75, 3.05) is 18.8 Å². The Morgan fingerprint density at radius 1 is 1.16 bits per heavy atom. The fraction of sp³-hybridized carbons (Fsp3) is 0.261. The summed E-state index contributed by atoms with van der Waals surface area (Å²) < 4.78 is 40.5. The van der Waals surface area contributed by atoms with Crippen molar-refractivity contribution < 1.29 is 18.1 Å². The first-order valence-corrected chi connectivity index (χ1v) is 11.4. The molecule has 2 rings (SSSR count). The van der Waals surface area contributed by atoms with Crippen LogP contribution in [-0.4, -0.2) is 29.1 Å². The van der Waals surface area contributed by atoms with Gasteiger partial charge >= 0.3 is 6.09 Å². The Balaban J connectivity index is 2.33. The molecule has 2 aromatic carbocycles. The molecule has 0 heterocycles. The number of hydrogen-bond acceptors (Lipinski definition) is 4. The van der Waals surface area contributed by atoms with E-state index in [-0.39, 0.29) is 31.0 Å². The van der Waals surface area contributed by atoms with Gasteiger partial charge in [0.2, 0.25) is 0 Å². The number of benzene rings is 2. The molecule has 0 saturated carbocycles. The van der Waals surface area contributed by atoms with Crippen LogP contribution >= 0.6 is 0 Å². The number of nitrogens with zero attached hydrogens (tertiary/aromatic N) is 1. The Kier molecular flexibility index (Phi) is 8.96. The van der Waals surface area contributed by atoms with Gasteiger partial charge in [0, 0.05) is 12.1 Å². The van der Waals surface area contributed by atoms with Gasteiger partial charge in [-0.2, -0.15) is 0 Å².